The molecule has 132 valence electrons. The molecule has 1 N–H and O–H groups in total. The van der Waals surface area contributed by atoms with E-state index in [1.807, 2.05) is 0 Å². The van der Waals surface area contributed by atoms with Gasteiger partial charge in [-0.25, -0.2) is 0 Å². The maximum Gasteiger partial charge on any atom is 0.318 e. The van der Waals surface area contributed by atoms with E-state index >= 15 is 0 Å². The first-order valence-electron chi connectivity index (χ1n) is 6.69. The van der Waals surface area contributed by atoms with Crippen LogP contribution in [0.4, 0.5) is 0 Å². The SMILES string of the molecule is COc1ccc(CC(O)(CO[PH](=O)OC)CO[PH](=O)OC)cc1. The molecule has 2 atom stereocenters. The van der Waals surface area contributed by atoms with Crippen LogP contribution in [0.15, 0.2) is 24.3 Å². The number of methoxy groups -OCH3 is 1. The molecule has 0 spiro atoms. The van der Waals surface area contributed by atoms with Gasteiger partial charge in [-0.1, -0.05) is 12.1 Å². The zero-order valence-electron chi connectivity index (χ0n) is 13.2. The number of benzene rings is 1. The summed E-state index contributed by atoms with van der Waals surface area (Å²) in [5.41, 5.74) is -0.763. The summed E-state index contributed by atoms with van der Waals surface area (Å²) >= 11 is 0. The lowest BCUT2D eigenvalue weighted by Crippen LogP contribution is -2.40. The predicted molar refractivity (Wildman–Crippen MR) is 85.6 cm³/mol. The molecule has 0 aliphatic carbocycles. The maximum atomic E-state index is 11.3. The first kappa shape index (κ1) is 20.3. The van der Waals surface area contributed by atoms with Gasteiger partial charge in [-0.2, -0.15) is 0 Å². The molecule has 1 rings (SSSR count). The van der Waals surface area contributed by atoms with Crippen molar-refractivity contribution in [3.8, 4) is 5.75 Å². The van der Waals surface area contributed by atoms with Crippen LogP contribution in [0.2, 0.25) is 0 Å². The Bertz CT molecular complexity index is 499. The highest BCUT2D eigenvalue weighted by atomic mass is 31.1. The van der Waals surface area contributed by atoms with Crippen molar-refractivity contribution >= 4 is 16.5 Å². The largest absolute Gasteiger partial charge is 0.497 e. The minimum Gasteiger partial charge on any atom is -0.497 e. The van der Waals surface area contributed by atoms with Gasteiger partial charge < -0.3 is 27.9 Å². The standard InChI is InChI=1S/C13H22O8P2/c1-17-12-6-4-11(5-7-12)8-13(14,9-20-22(15)18-2)10-21-23(16)19-3/h4-7,14,22-23H,8-10H2,1-3H3. The molecular weight excluding hydrogens is 346 g/mol. The third-order valence-electron chi connectivity index (χ3n) is 2.94. The van der Waals surface area contributed by atoms with E-state index in [9.17, 15) is 14.2 Å². The lowest BCUT2D eigenvalue weighted by atomic mass is 9.96. The molecule has 0 aliphatic heterocycles. The Morgan fingerprint density at radius 1 is 0.957 bits per heavy atom. The Labute approximate surface area is 136 Å². The number of hydrogen-bond acceptors (Lipinski definition) is 8. The van der Waals surface area contributed by atoms with Crippen LogP contribution in [0.5, 0.6) is 5.75 Å². The fraction of sp³-hybridized carbons (Fsp3) is 0.538. The Hall–Kier alpha value is -0.720. The van der Waals surface area contributed by atoms with Gasteiger partial charge in [-0.15, -0.1) is 0 Å². The summed E-state index contributed by atoms with van der Waals surface area (Å²) in [6.07, 6.45) is 0.134. The predicted octanol–water partition coefficient (Wildman–Crippen LogP) is 2.07. The average Bonchev–Trinajstić information content (AvgIpc) is 2.58. The van der Waals surface area contributed by atoms with Crippen molar-refractivity contribution in [1.29, 1.82) is 0 Å². The van der Waals surface area contributed by atoms with Crippen molar-refractivity contribution in [3.05, 3.63) is 29.8 Å². The molecule has 0 heterocycles. The number of ether oxygens (including phenoxy) is 1. The van der Waals surface area contributed by atoms with Crippen LogP contribution in [-0.4, -0.2) is 45.3 Å². The van der Waals surface area contributed by atoms with Crippen LogP contribution in [0.1, 0.15) is 5.56 Å². The van der Waals surface area contributed by atoms with Crippen molar-refractivity contribution in [1.82, 2.24) is 0 Å². The third-order valence-corrected chi connectivity index (χ3v) is 4.37. The fourth-order valence-electron chi connectivity index (χ4n) is 1.77. The van der Waals surface area contributed by atoms with Crippen LogP contribution in [0.25, 0.3) is 0 Å². The van der Waals surface area contributed by atoms with Gasteiger partial charge in [-0.05, 0) is 17.7 Å². The van der Waals surface area contributed by atoms with Gasteiger partial charge in [0.05, 0.1) is 20.3 Å². The summed E-state index contributed by atoms with van der Waals surface area (Å²) in [5.74, 6) is 0.679. The Kier molecular flexibility index (Phi) is 9.02. The molecule has 0 saturated carbocycles. The second-order valence-electron chi connectivity index (χ2n) is 4.73. The normalized spacial score (nSPS) is 16.5. The van der Waals surface area contributed by atoms with Crippen molar-refractivity contribution in [3.63, 3.8) is 0 Å². The highest BCUT2D eigenvalue weighted by Crippen LogP contribution is 2.29. The van der Waals surface area contributed by atoms with E-state index in [1.54, 1.807) is 31.4 Å². The van der Waals surface area contributed by atoms with Crippen molar-refractivity contribution in [2.75, 3.05) is 34.5 Å². The highest BCUT2D eigenvalue weighted by molar-refractivity contribution is 7.33. The minimum absolute atomic E-state index is 0.134. The third kappa shape index (κ3) is 7.59. The first-order chi connectivity index (χ1) is 10.9. The topological polar surface area (TPSA) is 101 Å². The van der Waals surface area contributed by atoms with Gasteiger partial charge in [0.2, 0.25) is 0 Å². The van der Waals surface area contributed by atoms with Crippen molar-refractivity contribution in [2.45, 2.75) is 12.0 Å². The van der Waals surface area contributed by atoms with Gasteiger partial charge in [0.1, 0.15) is 11.4 Å². The summed E-state index contributed by atoms with van der Waals surface area (Å²) in [7, 11) is -1.35. The van der Waals surface area contributed by atoms with Gasteiger partial charge in [0, 0.05) is 20.6 Å². The molecule has 0 radical (unpaired) electrons. The second-order valence-corrected chi connectivity index (χ2v) is 7.13. The zero-order valence-corrected chi connectivity index (χ0v) is 15.2. The summed E-state index contributed by atoms with van der Waals surface area (Å²) in [4.78, 5) is 0. The molecule has 0 aromatic heterocycles. The van der Waals surface area contributed by atoms with E-state index in [4.69, 9.17) is 13.8 Å². The van der Waals surface area contributed by atoms with Crippen LogP contribution in [0, 0.1) is 0 Å². The summed E-state index contributed by atoms with van der Waals surface area (Å²) in [5, 5.41) is 10.6. The molecule has 0 aliphatic rings. The highest BCUT2D eigenvalue weighted by Gasteiger charge is 2.30. The molecule has 0 amide bonds. The van der Waals surface area contributed by atoms with Crippen LogP contribution < -0.4 is 4.74 Å². The fourth-order valence-corrected chi connectivity index (χ4v) is 2.78. The molecule has 23 heavy (non-hydrogen) atoms. The molecule has 8 nitrogen and oxygen atoms in total. The van der Waals surface area contributed by atoms with E-state index in [0.717, 1.165) is 5.56 Å². The Morgan fingerprint density at radius 2 is 1.43 bits per heavy atom. The molecule has 1 aromatic rings. The van der Waals surface area contributed by atoms with E-state index in [1.165, 1.54) is 14.2 Å². The van der Waals surface area contributed by atoms with Crippen molar-refractivity contribution in [2.24, 2.45) is 0 Å². The van der Waals surface area contributed by atoms with E-state index in [-0.39, 0.29) is 19.6 Å². The average molecular weight is 368 g/mol. The van der Waals surface area contributed by atoms with E-state index in [2.05, 4.69) is 9.05 Å². The molecular formula is C13H22O8P2. The number of rotatable bonds is 11. The van der Waals surface area contributed by atoms with Gasteiger partial charge >= 0.3 is 16.5 Å². The van der Waals surface area contributed by atoms with Gasteiger partial charge in [0.25, 0.3) is 0 Å². The zero-order chi connectivity index (χ0) is 17.3. The van der Waals surface area contributed by atoms with Gasteiger partial charge in [0.15, 0.2) is 0 Å². The molecule has 1 aromatic carbocycles. The van der Waals surface area contributed by atoms with Gasteiger partial charge in [-0.3, -0.25) is 9.13 Å². The maximum absolute atomic E-state index is 11.3. The molecule has 0 fully saturated rings. The molecule has 0 bridgehead atoms. The quantitative estimate of drug-likeness (QED) is 0.593. The monoisotopic (exact) mass is 368 g/mol. The Morgan fingerprint density at radius 3 is 1.83 bits per heavy atom. The molecule has 10 heteroatoms. The summed E-state index contributed by atoms with van der Waals surface area (Å²) < 4.78 is 46.7. The number of aliphatic hydroxyl groups is 1. The van der Waals surface area contributed by atoms with Crippen LogP contribution >= 0.6 is 16.5 Å². The smallest absolute Gasteiger partial charge is 0.318 e. The summed E-state index contributed by atoms with van der Waals surface area (Å²) in [6.45, 7) is -0.604. The van der Waals surface area contributed by atoms with Crippen molar-refractivity contribution < 1.29 is 37.1 Å². The lowest BCUT2D eigenvalue weighted by Gasteiger charge is -2.27. The molecule has 0 saturated heterocycles. The lowest BCUT2D eigenvalue weighted by molar-refractivity contribution is -0.0413. The molecule has 2 unspecified atom stereocenters. The second kappa shape index (κ2) is 10.2. The first-order valence-corrected chi connectivity index (χ1v) is 9.14. The number of hydrogen-bond donors (Lipinski definition) is 1. The Balaban J connectivity index is 2.78. The van der Waals surface area contributed by atoms with E-state index in [0.29, 0.717) is 5.75 Å². The van der Waals surface area contributed by atoms with E-state index < -0.39 is 22.1 Å². The summed E-state index contributed by atoms with van der Waals surface area (Å²) in [6, 6.07) is 7.02. The minimum atomic E-state index is -2.69. The van der Waals surface area contributed by atoms with Crippen LogP contribution in [-0.2, 0) is 33.6 Å². The van der Waals surface area contributed by atoms with Crippen LogP contribution in [0.3, 0.4) is 0 Å².